The van der Waals surface area contributed by atoms with Gasteiger partial charge < -0.3 is 30.5 Å². The van der Waals surface area contributed by atoms with Gasteiger partial charge in [-0.25, -0.2) is 4.39 Å². The Labute approximate surface area is 218 Å². The van der Waals surface area contributed by atoms with Crippen LogP contribution in [0, 0.1) is 5.82 Å². The van der Waals surface area contributed by atoms with E-state index in [4.69, 9.17) is 32.7 Å². The summed E-state index contributed by atoms with van der Waals surface area (Å²) in [7, 11) is 0. The molecule has 1 aliphatic carbocycles. The van der Waals surface area contributed by atoms with Gasteiger partial charge in [0.15, 0.2) is 12.7 Å². The highest BCUT2D eigenvalue weighted by Gasteiger charge is 2.36. The van der Waals surface area contributed by atoms with E-state index < -0.39 is 11.9 Å². The van der Waals surface area contributed by atoms with Gasteiger partial charge in [0.05, 0.1) is 11.1 Å². The number of fused-ring (bicyclic) bond motifs is 1. The number of carbonyl (C=O) groups excluding carboxylic acids is 2. The molecule has 0 aromatic heterocycles. The maximum absolute atomic E-state index is 13.4. The maximum Gasteiger partial charge on any atom is 0.261 e. The summed E-state index contributed by atoms with van der Waals surface area (Å²) in [6, 6.07) is 9.34. The van der Waals surface area contributed by atoms with Crippen molar-refractivity contribution in [1.82, 2.24) is 16.0 Å². The van der Waals surface area contributed by atoms with Gasteiger partial charge in [-0.3, -0.25) is 9.59 Å². The van der Waals surface area contributed by atoms with Crippen LogP contribution in [0.3, 0.4) is 0 Å². The van der Waals surface area contributed by atoms with Crippen LogP contribution < -0.4 is 25.4 Å². The van der Waals surface area contributed by atoms with Crippen molar-refractivity contribution in [3.63, 3.8) is 0 Å². The van der Waals surface area contributed by atoms with Gasteiger partial charge in [-0.2, -0.15) is 0 Å². The quantitative estimate of drug-likeness (QED) is 0.345. The number of benzene rings is 2. The van der Waals surface area contributed by atoms with Crippen LogP contribution in [-0.2, 0) is 9.59 Å². The molecule has 194 valence electrons. The second-order valence-electron chi connectivity index (χ2n) is 8.92. The first-order chi connectivity index (χ1) is 17.3. The summed E-state index contributed by atoms with van der Waals surface area (Å²) >= 11 is 11.8. The first-order valence-electron chi connectivity index (χ1n) is 11.8. The van der Waals surface area contributed by atoms with Crippen molar-refractivity contribution in [2.45, 2.75) is 50.0 Å². The smallest absolute Gasteiger partial charge is 0.261 e. The molecule has 0 saturated heterocycles. The monoisotopic (exact) mass is 539 g/mol. The molecule has 8 nitrogen and oxygen atoms in total. The average molecular weight is 540 g/mol. The van der Waals surface area contributed by atoms with Crippen molar-refractivity contribution in [3.8, 4) is 11.5 Å². The summed E-state index contributed by atoms with van der Waals surface area (Å²) in [6.45, 7) is 0.417. The fourth-order valence-corrected chi connectivity index (χ4v) is 4.47. The van der Waals surface area contributed by atoms with E-state index in [-0.39, 0.29) is 47.4 Å². The summed E-state index contributed by atoms with van der Waals surface area (Å²) in [5.74, 6) is -0.413. The molecule has 1 aliphatic heterocycles. The van der Waals surface area contributed by atoms with E-state index in [1.807, 2.05) is 6.07 Å². The number of hydrogen-bond acceptors (Lipinski definition) is 6. The van der Waals surface area contributed by atoms with Gasteiger partial charge in [-0.1, -0.05) is 23.2 Å². The zero-order valence-electron chi connectivity index (χ0n) is 19.4. The molecule has 0 spiro atoms. The highest BCUT2D eigenvalue weighted by Crippen LogP contribution is 2.38. The van der Waals surface area contributed by atoms with E-state index in [1.54, 1.807) is 12.1 Å². The van der Waals surface area contributed by atoms with Gasteiger partial charge in [0.1, 0.15) is 17.3 Å². The molecule has 4 N–H and O–H groups in total. The van der Waals surface area contributed by atoms with Gasteiger partial charge in [0.2, 0.25) is 0 Å². The Kier molecular flexibility index (Phi) is 8.90. The Balaban J connectivity index is 1.18. The summed E-state index contributed by atoms with van der Waals surface area (Å²) in [6.07, 6.45) is 1.34. The highest BCUT2D eigenvalue weighted by atomic mass is 35.5. The predicted octanol–water partition coefficient (Wildman–Crippen LogP) is 3.14. The third kappa shape index (κ3) is 7.00. The number of ether oxygens (including phenoxy) is 2. The Morgan fingerprint density at radius 1 is 1.08 bits per heavy atom. The topological polar surface area (TPSA) is 109 Å². The number of halogens is 3. The number of amides is 2. The number of aliphatic hydroxyl groups is 1. The lowest BCUT2D eigenvalue weighted by Crippen LogP contribution is -2.49. The lowest BCUT2D eigenvalue weighted by atomic mass is 9.86. The van der Waals surface area contributed by atoms with Gasteiger partial charge in [0, 0.05) is 48.2 Å². The molecule has 2 atom stereocenters. The number of carbonyl (C=O) groups is 2. The minimum Gasteiger partial charge on any atom is -0.484 e. The van der Waals surface area contributed by atoms with Crippen LogP contribution in [0.15, 0.2) is 36.4 Å². The Hall–Kier alpha value is -2.59. The Morgan fingerprint density at radius 3 is 2.61 bits per heavy atom. The van der Waals surface area contributed by atoms with Crippen molar-refractivity contribution in [2.24, 2.45) is 0 Å². The molecule has 2 unspecified atom stereocenters. The number of nitrogens with one attached hydrogen (secondary N) is 3. The molecule has 0 radical (unpaired) electrons. The molecule has 2 aliphatic rings. The highest BCUT2D eigenvalue weighted by molar-refractivity contribution is 6.31. The van der Waals surface area contributed by atoms with Gasteiger partial charge in [-0.15, -0.1) is 0 Å². The zero-order valence-corrected chi connectivity index (χ0v) is 20.9. The largest absolute Gasteiger partial charge is 0.484 e. The van der Waals surface area contributed by atoms with Crippen molar-refractivity contribution in [3.05, 3.63) is 57.8 Å². The molecular weight excluding hydrogens is 512 g/mol. The second kappa shape index (κ2) is 12.1. The summed E-state index contributed by atoms with van der Waals surface area (Å²) < 4.78 is 24.6. The minimum absolute atomic E-state index is 0.0222. The number of rotatable bonds is 10. The van der Waals surface area contributed by atoms with Crippen molar-refractivity contribution < 1.29 is 28.6 Å². The van der Waals surface area contributed by atoms with Crippen molar-refractivity contribution in [1.29, 1.82) is 0 Å². The summed E-state index contributed by atoms with van der Waals surface area (Å²) in [4.78, 5) is 24.7. The van der Waals surface area contributed by atoms with Crippen LogP contribution in [-0.4, -0.2) is 54.9 Å². The molecule has 11 heteroatoms. The van der Waals surface area contributed by atoms with Crippen LogP contribution in [0.2, 0.25) is 10.0 Å². The number of aliphatic hydroxyl groups excluding tert-OH is 1. The van der Waals surface area contributed by atoms with Crippen molar-refractivity contribution in [2.75, 3.05) is 19.7 Å². The van der Waals surface area contributed by atoms with E-state index in [1.165, 1.54) is 12.1 Å². The van der Waals surface area contributed by atoms with E-state index in [2.05, 4.69) is 16.0 Å². The molecule has 2 amide bonds. The van der Waals surface area contributed by atoms with Gasteiger partial charge in [0.25, 0.3) is 11.8 Å². The summed E-state index contributed by atoms with van der Waals surface area (Å²) in [5, 5.41) is 19.2. The third-order valence-corrected chi connectivity index (χ3v) is 6.69. The lowest BCUT2D eigenvalue weighted by Gasteiger charge is -2.39. The molecular formula is C25H28Cl2FN3O5. The first-order valence-corrected chi connectivity index (χ1v) is 12.6. The van der Waals surface area contributed by atoms with E-state index in [0.717, 1.165) is 11.6 Å². The molecule has 1 heterocycles. The maximum atomic E-state index is 13.4. The Morgan fingerprint density at radius 2 is 1.86 bits per heavy atom. The average Bonchev–Trinajstić information content (AvgIpc) is 2.83. The van der Waals surface area contributed by atoms with Crippen LogP contribution >= 0.6 is 23.2 Å². The van der Waals surface area contributed by atoms with Gasteiger partial charge in [-0.05, 0) is 49.6 Å². The van der Waals surface area contributed by atoms with E-state index >= 15 is 0 Å². The molecule has 0 bridgehead atoms. The van der Waals surface area contributed by atoms with Crippen LogP contribution in [0.5, 0.6) is 11.5 Å². The normalized spacial score (nSPS) is 22.6. The van der Waals surface area contributed by atoms with Crippen molar-refractivity contribution >= 4 is 35.0 Å². The summed E-state index contributed by atoms with van der Waals surface area (Å²) in [5.41, 5.74) is 0.902. The second-order valence-corrected chi connectivity index (χ2v) is 9.77. The van der Waals surface area contributed by atoms with Gasteiger partial charge >= 0.3 is 0 Å². The standard InChI is InChI=1S/C25H28Cl2FN3O5/c26-14-2-5-22-18(8-14)21(31-15-9-16(32)10-15)12-23(36-22)25(34)30-7-1-6-29-24(33)13-35-17-3-4-19(27)20(28)11-17/h2-5,8,11,15-16,21,23,31-32H,1,6-7,9-10,12-13H2,(H,29,33)(H,30,34)/t15-,16+,21?,23?. The molecule has 4 rings (SSSR count). The molecule has 36 heavy (non-hydrogen) atoms. The van der Waals surface area contributed by atoms with Crippen LogP contribution in [0.4, 0.5) is 4.39 Å². The van der Waals surface area contributed by atoms with E-state index in [0.29, 0.717) is 49.5 Å². The Bertz CT molecular complexity index is 1100. The fraction of sp³-hybridized carbons (Fsp3) is 0.440. The molecule has 2 aromatic carbocycles. The molecule has 1 fully saturated rings. The minimum atomic E-state index is -0.677. The van der Waals surface area contributed by atoms with E-state index in [9.17, 15) is 19.1 Å². The first kappa shape index (κ1) is 26.5. The molecule has 2 aromatic rings. The fourth-order valence-electron chi connectivity index (χ4n) is 4.18. The number of hydrogen-bond donors (Lipinski definition) is 4. The zero-order chi connectivity index (χ0) is 25.7. The predicted molar refractivity (Wildman–Crippen MR) is 133 cm³/mol. The van der Waals surface area contributed by atoms with Crippen LogP contribution in [0.1, 0.15) is 37.3 Å². The van der Waals surface area contributed by atoms with Crippen LogP contribution in [0.25, 0.3) is 0 Å². The SMILES string of the molecule is O=C(COc1ccc(Cl)c(F)c1)NCCCNC(=O)C1CC(N[C@H]2C[C@@H](O)C2)c2cc(Cl)ccc2O1. The molecule has 1 saturated carbocycles. The lowest BCUT2D eigenvalue weighted by molar-refractivity contribution is -0.129. The third-order valence-electron chi connectivity index (χ3n) is 6.14.